The number of carbonyl (C=O) groups excluding carboxylic acids is 2. The normalized spacial score (nSPS) is 31.4. The number of allylic oxidation sites excluding steroid dienone is 2. The standard InChI is InChI=1S/C20H31NO5S/c1-4-6-8-14(3)10-18(22)25-16-11-15(9-7-5-2)26-20(24,12-16)17-13-27-19(23)21-17/h4,10,15-17,24H,1,5-9,11-13H2,2-3H3,(H,21,23)/b14-10-/t15-,16-,17+,20-/m1/s1. The Bertz CT molecular complexity index is 579. The van der Waals surface area contributed by atoms with Crippen LogP contribution in [-0.4, -0.2) is 46.1 Å². The van der Waals surface area contributed by atoms with Crippen molar-refractivity contribution in [2.45, 2.75) is 82.8 Å². The quantitative estimate of drug-likeness (QED) is 0.351. The summed E-state index contributed by atoms with van der Waals surface area (Å²) in [4.78, 5) is 23.8. The first kappa shape index (κ1) is 22.0. The van der Waals surface area contributed by atoms with Crippen LogP contribution in [0.2, 0.25) is 0 Å². The van der Waals surface area contributed by atoms with Crippen molar-refractivity contribution in [3.63, 3.8) is 0 Å². The molecule has 0 saturated carbocycles. The van der Waals surface area contributed by atoms with Gasteiger partial charge in [-0.15, -0.1) is 6.58 Å². The molecule has 2 aliphatic heterocycles. The summed E-state index contributed by atoms with van der Waals surface area (Å²) in [5.41, 5.74) is 0.934. The zero-order valence-corrected chi connectivity index (χ0v) is 17.1. The van der Waals surface area contributed by atoms with Gasteiger partial charge in [0, 0.05) is 24.7 Å². The monoisotopic (exact) mass is 397 g/mol. The SMILES string of the molecule is C=CCC/C(C)=C\C(=O)O[C@@H]1C[C@@H](CCCC)O[C@@](O)([C@@H]2CSC(=O)N2)C1. The fourth-order valence-corrected chi connectivity index (χ4v) is 4.33. The van der Waals surface area contributed by atoms with Crippen LogP contribution in [0, 0.1) is 0 Å². The van der Waals surface area contributed by atoms with Gasteiger partial charge in [0.1, 0.15) is 6.10 Å². The van der Waals surface area contributed by atoms with Gasteiger partial charge >= 0.3 is 5.97 Å². The molecule has 1 amide bonds. The summed E-state index contributed by atoms with van der Waals surface area (Å²) in [6.45, 7) is 7.66. The molecular formula is C20H31NO5S. The molecule has 0 unspecified atom stereocenters. The molecule has 2 N–H and O–H groups in total. The molecule has 2 fully saturated rings. The van der Waals surface area contributed by atoms with Crippen LogP contribution in [0.1, 0.15) is 58.8 Å². The predicted octanol–water partition coefficient (Wildman–Crippen LogP) is 3.69. The maximum Gasteiger partial charge on any atom is 0.330 e. The summed E-state index contributed by atoms with van der Waals surface area (Å²) in [5.74, 6) is -1.47. The average Bonchev–Trinajstić information content (AvgIpc) is 3.05. The van der Waals surface area contributed by atoms with Crippen molar-refractivity contribution in [1.29, 1.82) is 0 Å². The van der Waals surface area contributed by atoms with E-state index in [9.17, 15) is 14.7 Å². The van der Waals surface area contributed by atoms with Gasteiger partial charge in [-0.25, -0.2) is 4.79 Å². The van der Waals surface area contributed by atoms with E-state index in [1.807, 2.05) is 13.0 Å². The van der Waals surface area contributed by atoms with E-state index >= 15 is 0 Å². The third-order valence-electron chi connectivity index (χ3n) is 4.90. The van der Waals surface area contributed by atoms with Crippen molar-refractivity contribution in [2.75, 3.05) is 5.75 Å². The molecule has 0 aromatic rings. The summed E-state index contributed by atoms with van der Waals surface area (Å²) in [6.07, 6.45) is 7.74. The molecule has 152 valence electrons. The van der Waals surface area contributed by atoms with Crippen LogP contribution in [0.3, 0.4) is 0 Å². The maximum atomic E-state index is 12.3. The Balaban J connectivity index is 2.04. The first-order chi connectivity index (χ1) is 12.9. The third-order valence-corrected chi connectivity index (χ3v) is 5.78. The minimum Gasteiger partial charge on any atom is -0.459 e. The second-order valence-corrected chi connectivity index (χ2v) is 8.33. The van der Waals surface area contributed by atoms with Crippen molar-refractivity contribution >= 4 is 23.0 Å². The molecule has 0 bridgehead atoms. The number of esters is 1. The number of thioether (sulfide) groups is 1. The van der Waals surface area contributed by atoms with Gasteiger partial charge in [0.2, 0.25) is 0 Å². The minimum absolute atomic E-state index is 0.159. The number of nitrogens with one attached hydrogen (secondary N) is 1. The van der Waals surface area contributed by atoms with Crippen molar-refractivity contribution < 1.29 is 24.2 Å². The van der Waals surface area contributed by atoms with Crippen LogP contribution in [-0.2, 0) is 14.3 Å². The lowest BCUT2D eigenvalue weighted by molar-refractivity contribution is -0.283. The molecule has 2 saturated heterocycles. The summed E-state index contributed by atoms with van der Waals surface area (Å²) >= 11 is 1.13. The zero-order valence-electron chi connectivity index (χ0n) is 16.2. The molecule has 0 spiro atoms. The number of hydrogen-bond acceptors (Lipinski definition) is 6. The van der Waals surface area contributed by atoms with Crippen molar-refractivity contribution in [2.24, 2.45) is 0 Å². The fourth-order valence-electron chi connectivity index (χ4n) is 3.44. The first-order valence-electron chi connectivity index (χ1n) is 9.68. The van der Waals surface area contributed by atoms with E-state index in [-0.39, 0.29) is 17.8 Å². The lowest BCUT2D eigenvalue weighted by Gasteiger charge is -2.43. The highest BCUT2D eigenvalue weighted by molar-refractivity contribution is 8.14. The van der Waals surface area contributed by atoms with E-state index < -0.39 is 23.9 Å². The van der Waals surface area contributed by atoms with E-state index in [1.165, 1.54) is 6.08 Å². The van der Waals surface area contributed by atoms with Crippen LogP contribution in [0.5, 0.6) is 0 Å². The van der Waals surface area contributed by atoms with Gasteiger partial charge in [0.15, 0.2) is 5.79 Å². The third kappa shape index (κ3) is 6.66. The number of hydrogen-bond donors (Lipinski definition) is 2. The van der Waals surface area contributed by atoms with Gasteiger partial charge in [-0.2, -0.15) is 0 Å². The van der Waals surface area contributed by atoms with Crippen LogP contribution in [0.4, 0.5) is 4.79 Å². The molecule has 0 radical (unpaired) electrons. The molecule has 7 heteroatoms. The Kier molecular flexibility index (Phi) is 8.38. The summed E-state index contributed by atoms with van der Waals surface area (Å²) in [7, 11) is 0. The number of rotatable bonds is 9. The lowest BCUT2D eigenvalue weighted by atomic mass is 9.91. The average molecular weight is 398 g/mol. The Morgan fingerprint density at radius 3 is 2.96 bits per heavy atom. The van der Waals surface area contributed by atoms with Crippen LogP contribution < -0.4 is 5.32 Å². The largest absolute Gasteiger partial charge is 0.459 e. The van der Waals surface area contributed by atoms with Gasteiger partial charge in [-0.3, -0.25) is 4.79 Å². The number of unbranched alkanes of at least 4 members (excludes halogenated alkanes) is 1. The Morgan fingerprint density at radius 1 is 1.56 bits per heavy atom. The highest BCUT2D eigenvalue weighted by Crippen LogP contribution is 2.36. The summed E-state index contributed by atoms with van der Waals surface area (Å²) in [6, 6.07) is -0.495. The Morgan fingerprint density at radius 2 is 2.33 bits per heavy atom. The van der Waals surface area contributed by atoms with Crippen LogP contribution in [0.25, 0.3) is 0 Å². The van der Waals surface area contributed by atoms with Crippen molar-refractivity contribution in [1.82, 2.24) is 5.32 Å². The van der Waals surface area contributed by atoms with E-state index in [0.29, 0.717) is 12.2 Å². The molecule has 2 rings (SSSR count). The highest BCUT2D eigenvalue weighted by Gasteiger charge is 2.49. The Labute approximate surface area is 165 Å². The number of aliphatic hydroxyl groups is 1. The van der Waals surface area contributed by atoms with Gasteiger partial charge in [-0.1, -0.05) is 43.2 Å². The number of amides is 1. The van der Waals surface area contributed by atoms with E-state index in [2.05, 4.69) is 18.8 Å². The molecule has 6 nitrogen and oxygen atoms in total. The second kappa shape index (κ2) is 10.3. The predicted molar refractivity (Wildman–Crippen MR) is 106 cm³/mol. The van der Waals surface area contributed by atoms with Crippen LogP contribution in [0.15, 0.2) is 24.3 Å². The topological polar surface area (TPSA) is 84.9 Å². The van der Waals surface area contributed by atoms with Gasteiger partial charge < -0.3 is 19.9 Å². The molecule has 2 aliphatic rings. The van der Waals surface area contributed by atoms with E-state index in [1.54, 1.807) is 0 Å². The van der Waals surface area contributed by atoms with E-state index in [0.717, 1.165) is 49.4 Å². The lowest BCUT2D eigenvalue weighted by Crippen LogP contribution is -2.58. The molecule has 27 heavy (non-hydrogen) atoms. The van der Waals surface area contributed by atoms with Crippen LogP contribution >= 0.6 is 11.8 Å². The molecule has 0 aliphatic carbocycles. The highest BCUT2D eigenvalue weighted by atomic mass is 32.2. The maximum absolute atomic E-state index is 12.3. The molecular weight excluding hydrogens is 366 g/mol. The second-order valence-electron chi connectivity index (χ2n) is 7.34. The molecule has 4 atom stereocenters. The number of ether oxygens (including phenoxy) is 2. The van der Waals surface area contributed by atoms with E-state index in [4.69, 9.17) is 9.47 Å². The first-order valence-corrected chi connectivity index (χ1v) is 10.7. The molecule has 2 heterocycles. The fraction of sp³-hybridized carbons (Fsp3) is 0.700. The summed E-state index contributed by atoms with van der Waals surface area (Å²) < 4.78 is 11.6. The summed E-state index contributed by atoms with van der Waals surface area (Å²) in [5, 5.41) is 13.7. The minimum atomic E-state index is -1.51. The molecule has 0 aromatic carbocycles. The zero-order chi connectivity index (χ0) is 19.9. The van der Waals surface area contributed by atoms with Crippen molar-refractivity contribution in [3.8, 4) is 0 Å². The molecule has 0 aromatic heterocycles. The number of carbonyl (C=O) groups is 2. The smallest absolute Gasteiger partial charge is 0.330 e. The Hall–Kier alpha value is -1.31. The van der Waals surface area contributed by atoms with Gasteiger partial charge in [0.25, 0.3) is 5.24 Å². The van der Waals surface area contributed by atoms with Gasteiger partial charge in [0.05, 0.1) is 12.1 Å². The van der Waals surface area contributed by atoms with Crippen molar-refractivity contribution in [3.05, 3.63) is 24.3 Å². The van der Waals surface area contributed by atoms with Gasteiger partial charge in [-0.05, 0) is 26.2 Å².